The molecule has 1 atom stereocenters. The van der Waals surface area contributed by atoms with Crippen LogP contribution in [-0.2, 0) is 4.79 Å². The Hall–Kier alpha value is -2.33. The van der Waals surface area contributed by atoms with Gasteiger partial charge in [0.2, 0.25) is 5.91 Å². The lowest BCUT2D eigenvalue weighted by Gasteiger charge is -2.21. The van der Waals surface area contributed by atoms with E-state index in [1.807, 2.05) is 45.9 Å². The largest absolute Gasteiger partial charge is 0.340 e. The van der Waals surface area contributed by atoms with E-state index in [-0.39, 0.29) is 17.7 Å². The van der Waals surface area contributed by atoms with Crippen molar-refractivity contribution in [1.29, 1.82) is 0 Å². The van der Waals surface area contributed by atoms with Crippen LogP contribution in [0.15, 0.2) is 42.5 Å². The Morgan fingerprint density at radius 1 is 1.04 bits per heavy atom. The molecule has 26 heavy (non-hydrogen) atoms. The molecule has 5 heteroatoms. The molecule has 0 saturated heterocycles. The Bertz CT molecular complexity index is 785. The monoisotopic (exact) mass is 372 g/mol. The zero-order chi connectivity index (χ0) is 19.3. The van der Waals surface area contributed by atoms with Crippen molar-refractivity contribution in [3.8, 4) is 0 Å². The van der Waals surface area contributed by atoms with Gasteiger partial charge in [-0.2, -0.15) is 0 Å². The molecule has 2 aromatic rings. The predicted molar refractivity (Wildman–Crippen MR) is 107 cm³/mol. The number of halogens is 1. The van der Waals surface area contributed by atoms with Crippen LogP contribution < -0.4 is 10.6 Å². The number of benzene rings is 2. The van der Waals surface area contributed by atoms with Crippen molar-refractivity contribution in [1.82, 2.24) is 5.32 Å². The number of aryl methyl sites for hydroxylation is 2. The van der Waals surface area contributed by atoms with Gasteiger partial charge in [0.25, 0.3) is 5.91 Å². The highest BCUT2D eigenvalue weighted by atomic mass is 35.5. The molecular weight excluding hydrogens is 348 g/mol. The molecule has 0 saturated carbocycles. The van der Waals surface area contributed by atoms with E-state index in [2.05, 4.69) is 10.6 Å². The molecule has 4 nitrogen and oxygen atoms in total. The van der Waals surface area contributed by atoms with E-state index < -0.39 is 6.04 Å². The zero-order valence-electron chi connectivity index (χ0n) is 15.6. The fourth-order valence-corrected chi connectivity index (χ4v) is 2.76. The first-order valence-corrected chi connectivity index (χ1v) is 9.08. The van der Waals surface area contributed by atoms with Gasteiger partial charge in [-0.15, -0.1) is 0 Å². The number of carbonyl (C=O) groups excluding carboxylic acids is 2. The third-order valence-electron chi connectivity index (χ3n) is 4.09. The van der Waals surface area contributed by atoms with E-state index in [1.54, 1.807) is 24.3 Å². The Kier molecular flexibility index (Phi) is 6.81. The van der Waals surface area contributed by atoms with Crippen LogP contribution >= 0.6 is 11.6 Å². The molecule has 0 aromatic heterocycles. The third kappa shape index (κ3) is 5.60. The van der Waals surface area contributed by atoms with Gasteiger partial charge in [0.15, 0.2) is 0 Å². The fraction of sp³-hybridized carbons (Fsp3) is 0.333. The van der Waals surface area contributed by atoms with Gasteiger partial charge in [-0.3, -0.25) is 9.59 Å². The van der Waals surface area contributed by atoms with Crippen molar-refractivity contribution in [2.75, 3.05) is 5.32 Å². The minimum Gasteiger partial charge on any atom is -0.340 e. The minimum absolute atomic E-state index is 0.213. The van der Waals surface area contributed by atoms with Crippen LogP contribution in [0, 0.1) is 19.8 Å². The molecule has 0 spiro atoms. The molecule has 2 amide bonds. The molecule has 0 fully saturated rings. The zero-order valence-corrected chi connectivity index (χ0v) is 16.4. The second-order valence-corrected chi connectivity index (χ2v) is 7.41. The number of rotatable bonds is 6. The van der Waals surface area contributed by atoms with Gasteiger partial charge in [0.1, 0.15) is 6.04 Å². The van der Waals surface area contributed by atoms with E-state index in [4.69, 9.17) is 11.6 Å². The lowest BCUT2D eigenvalue weighted by atomic mass is 10.0. The molecule has 0 aliphatic carbocycles. The van der Waals surface area contributed by atoms with Gasteiger partial charge >= 0.3 is 0 Å². The normalized spacial score (nSPS) is 11.9. The minimum atomic E-state index is -0.613. The average molecular weight is 373 g/mol. The summed E-state index contributed by atoms with van der Waals surface area (Å²) in [5.74, 6) is -0.243. The first-order valence-electron chi connectivity index (χ1n) is 8.71. The summed E-state index contributed by atoms with van der Waals surface area (Å²) >= 11 is 5.86. The molecule has 0 bridgehead atoms. The average Bonchev–Trinajstić information content (AvgIpc) is 2.57. The summed E-state index contributed by atoms with van der Waals surface area (Å²) in [6.07, 6.45) is 0.552. The molecular formula is C21H25ClN2O2. The summed E-state index contributed by atoms with van der Waals surface area (Å²) in [4.78, 5) is 25.3. The SMILES string of the molecule is Cc1ccc(C)c(NC(=O)[C@H](CC(C)C)NC(=O)c2ccc(Cl)cc2)c1. The van der Waals surface area contributed by atoms with Crippen LogP contribution in [0.1, 0.15) is 41.8 Å². The summed E-state index contributed by atoms with van der Waals surface area (Å²) in [7, 11) is 0. The van der Waals surface area contributed by atoms with Crippen molar-refractivity contribution in [3.05, 3.63) is 64.2 Å². The standard InChI is InChI=1S/C21H25ClN2O2/c1-13(2)11-19(24-20(25)16-7-9-17(22)10-8-16)21(26)23-18-12-14(3)5-6-15(18)4/h5-10,12-13,19H,11H2,1-4H3,(H,23,26)(H,24,25)/t19-/m0/s1. The summed E-state index contributed by atoms with van der Waals surface area (Å²) < 4.78 is 0. The Balaban J connectivity index is 2.15. The summed E-state index contributed by atoms with van der Waals surface area (Å²) in [6, 6.07) is 11.9. The second-order valence-electron chi connectivity index (χ2n) is 6.97. The van der Waals surface area contributed by atoms with Crippen LogP contribution in [0.5, 0.6) is 0 Å². The van der Waals surface area contributed by atoms with Gasteiger partial charge in [-0.05, 0) is 67.6 Å². The van der Waals surface area contributed by atoms with Gasteiger partial charge in [0.05, 0.1) is 0 Å². The molecule has 2 N–H and O–H groups in total. The lowest BCUT2D eigenvalue weighted by molar-refractivity contribution is -0.118. The highest BCUT2D eigenvalue weighted by molar-refractivity contribution is 6.30. The van der Waals surface area contributed by atoms with E-state index in [0.29, 0.717) is 17.0 Å². The fourth-order valence-electron chi connectivity index (χ4n) is 2.64. The number of anilines is 1. The molecule has 0 aliphatic heterocycles. The maximum atomic E-state index is 12.8. The quantitative estimate of drug-likeness (QED) is 0.769. The molecule has 0 unspecified atom stereocenters. The van der Waals surface area contributed by atoms with Gasteiger partial charge in [-0.25, -0.2) is 0 Å². The maximum absolute atomic E-state index is 12.8. The maximum Gasteiger partial charge on any atom is 0.251 e. The summed E-state index contributed by atoms with van der Waals surface area (Å²) in [5.41, 5.74) is 3.29. The first-order chi connectivity index (χ1) is 12.3. The summed E-state index contributed by atoms with van der Waals surface area (Å²) in [6.45, 7) is 7.96. The smallest absolute Gasteiger partial charge is 0.251 e. The van der Waals surface area contributed by atoms with Crippen LogP contribution in [0.3, 0.4) is 0 Å². The van der Waals surface area contributed by atoms with Crippen molar-refractivity contribution in [2.24, 2.45) is 5.92 Å². The first kappa shape index (κ1) is 20.0. The van der Waals surface area contributed by atoms with Crippen molar-refractivity contribution < 1.29 is 9.59 Å². The van der Waals surface area contributed by atoms with Gasteiger partial charge < -0.3 is 10.6 Å². The number of hydrogen-bond acceptors (Lipinski definition) is 2. The second kappa shape index (κ2) is 8.86. The highest BCUT2D eigenvalue weighted by Crippen LogP contribution is 2.18. The van der Waals surface area contributed by atoms with Crippen LogP contribution in [-0.4, -0.2) is 17.9 Å². The van der Waals surface area contributed by atoms with E-state index in [9.17, 15) is 9.59 Å². The topological polar surface area (TPSA) is 58.2 Å². The van der Waals surface area contributed by atoms with Crippen LogP contribution in [0.2, 0.25) is 5.02 Å². The number of amides is 2. The third-order valence-corrected chi connectivity index (χ3v) is 4.34. The molecule has 138 valence electrons. The number of nitrogens with one attached hydrogen (secondary N) is 2. The Morgan fingerprint density at radius 2 is 1.69 bits per heavy atom. The van der Waals surface area contributed by atoms with E-state index >= 15 is 0 Å². The molecule has 2 rings (SSSR count). The molecule has 0 radical (unpaired) electrons. The van der Waals surface area contributed by atoms with E-state index in [0.717, 1.165) is 16.8 Å². The van der Waals surface area contributed by atoms with Crippen molar-refractivity contribution in [3.63, 3.8) is 0 Å². The Morgan fingerprint density at radius 3 is 2.31 bits per heavy atom. The van der Waals surface area contributed by atoms with Gasteiger partial charge in [0, 0.05) is 16.3 Å². The van der Waals surface area contributed by atoms with E-state index in [1.165, 1.54) is 0 Å². The molecule has 0 aliphatic rings. The molecule has 2 aromatic carbocycles. The van der Waals surface area contributed by atoms with Crippen molar-refractivity contribution >= 4 is 29.1 Å². The van der Waals surface area contributed by atoms with Gasteiger partial charge in [-0.1, -0.05) is 37.6 Å². The number of carbonyl (C=O) groups is 2. The summed E-state index contributed by atoms with van der Waals surface area (Å²) in [5, 5.41) is 6.35. The van der Waals surface area contributed by atoms with Crippen molar-refractivity contribution in [2.45, 2.75) is 40.2 Å². The van der Waals surface area contributed by atoms with Crippen LogP contribution in [0.4, 0.5) is 5.69 Å². The Labute approximate surface area is 159 Å². The lowest BCUT2D eigenvalue weighted by Crippen LogP contribution is -2.44. The predicted octanol–water partition coefficient (Wildman–Crippen LogP) is 4.74. The highest BCUT2D eigenvalue weighted by Gasteiger charge is 2.23. The number of hydrogen-bond donors (Lipinski definition) is 2. The van der Waals surface area contributed by atoms with Crippen LogP contribution in [0.25, 0.3) is 0 Å². The molecule has 0 heterocycles.